The van der Waals surface area contributed by atoms with Gasteiger partial charge in [0.1, 0.15) is 0 Å². The van der Waals surface area contributed by atoms with E-state index in [0.717, 1.165) is 96.4 Å². The third-order valence-electron chi connectivity index (χ3n) is 9.31. The Kier molecular flexibility index (Phi) is 13.4. The first-order valence-electron chi connectivity index (χ1n) is 17.5. The lowest BCUT2D eigenvalue weighted by Crippen LogP contribution is -2.47. The van der Waals surface area contributed by atoms with Crippen LogP contribution in [0.3, 0.4) is 0 Å². The van der Waals surface area contributed by atoms with Gasteiger partial charge in [-0.1, -0.05) is 0 Å². The Morgan fingerprint density at radius 2 is 1.15 bits per heavy atom. The van der Waals surface area contributed by atoms with Crippen LogP contribution >= 0.6 is 0 Å². The third kappa shape index (κ3) is 11.1. The second kappa shape index (κ2) is 17.9. The average molecular weight is 673 g/mol. The number of ether oxygens (including phenoxy) is 3. The van der Waals surface area contributed by atoms with Crippen molar-refractivity contribution in [3.05, 3.63) is 59.2 Å². The maximum absolute atomic E-state index is 14.0. The number of hydrogen-bond donors (Lipinski definition) is 1. The van der Waals surface area contributed by atoms with Crippen molar-refractivity contribution in [2.24, 2.45) is 0 Å². The summed E-state index contributed by atoms with van der Waals surface area (Å²) in [6.45, 7) is 13.9. The summed E-state index contributed by atoms with van der Waals surface area (Å²) in [6, 6.07) is 9.64. The quantitative estimate of drug-likeness (QED) is 0.213. The fourth-order valence-corrected chi connectivity index (χ4v) is 6.23. The molecule has 0 atom stereocenters. The van der Waals surface area contributed by atoms with Gasteiger partial charge in [0.05, 0.1) is 30.9 Å². The van der Waals surface area contributed by atoms with Crippen molar-refractivity contribution in [2.75, 3.05) is 85.3 Å². The summed E-state index contributed by atoms with van der Waals surface area (Å²) in [4.78, 5) is 32.4. The molecule has 4 fully saturated rings. The van der Waals surface area contributed by atoms with Gasteiger partial charge in [0.25, 0.3) is 0 Å². The number of piperazine rings is 2. The maximum atomic E-state index is 14.0. The largest absolute Gasteiger partial charge is 0.490 e. The van der Waals surface area contributed by atoms with E-state index < -0.39 is 23.6 Å². The van der Waals surface area contributed by atoms with Crippen molar-refractivity contribution in [1.29, 1.82) is 0 Å². The van der Waals surface area contributed by atoms with Crippen molar-refractivity contribution in [1.82, 2.24) is 19.6 Å². The molecule has 2 aliphatic heterocycles. The zero-order chi connectivity index (χ0) is 33.9. The average Bonchev–Trinajstić information content (AvgIpc) is 4.02. The number of carboxylic acids is 1. The van der Waals surface area contributed by atoms with Crippen molar-refractivity contribution in [3.63, 3.8) is 0 Å². The smallest absolute Gasteiger partial charge is 0.338 e. The predicted octanol–water partition coefficient (Wildman–Crippen LogP) is 4.62. The van der Waals surface area contributed by atoms with Crippen molar-refractivity contribution < 1.29 is 37.7 Å². The van der Waals surface area contributed by atoms with E-state index in [-0.39, 0.29) is 29.2 Å². The molecule has 2 aromatic carbocycles. The molecule has 2 aliphatic carbocycles. The molecule has 48 heavy (non-hydrogen) atoms. The number of esters is 1. The summed E-state index contributed by atoms with van der Waals surface area (Å²) >= 11 is 0. The molecular weight excluding hydrogens is 622 g/mol. The number of carbonyl (C=O) groups is 2. The van der Waals surface area contributed by atoms with Gasteiger partial charge in [-0.25, -0.2) is 18.4 Å². The van der Waals surface area contributed by atoms with Crippen molar-refractivity contribution >= 4 is 11.9 Å². The number of nitrogens with zero attached hydrogens (tertiary/aromatic N) is 4. The molecule has 0 amide bonds. The Bertz CT molecular complexity index is 1340. The van der Waals surface area contributed by atoms with Crippen LogP contribution in [0.1, 0.15) is 66.2 Å². The van der Waals surface area contributed by atoms with Gasteiger partial charge in [0.15, 0.2) is 23.1 Å². The molecule has 6 rings (SSSR count). The van der Waals surface area contributed by atoms with Crippen LogP contribution in [0.15, 0.2) is 36.4 Å². The Hall–Kier alpha value is -3.32. The fraction of sp³-hybridized carbons (Fsp3) is 0.611. The molecule has 0 bridgehead atoms. The van der Waals surface area contributed by atoms with Crippen molar-refractivity contribution in [3.8, 4) is 11.5 Å². The predicted molar refractivity (Wildman–Crippen MR) is 178 cm³/mol. The number of aromatic carboxylic acids is 1. The lowest BCUT2D eigenvalue weighted by atomic mass is 10.2. The van der Waals surface area contributed by atoms with Gasteiger partial charge in [0, 0.05) is 77.5 Å². The second-order valence-electron chi connectivity index (χ2n) is 12.9. The molecule has 2 saturated heterocycles. The minimum Gasteiger partial charge on any atom is -0.490 e. The van der Waals surface area contributed by atoms with E-state index in [4.69, 9.17) is 19.3 Å². The summed E-state index contributed by atoms with van der Waals surface area (Å²) in [5.41, 5.74) is 0.142. The van der Waals surface area contributed by atoms with E-state index in [9.17, 15) is 18.4 Å². The molecule has 2 saturated carbocycles. The summed E-state index contributed by atoms with van der Waals surface area (Å²) < 4.78 is 43.5. The molecule has 264 valence electrons. The number of hydrogen-bond acceptors (Lipinski definition) is 9. The van der Waals surface area contributed by atoms with Crippen LogP contribution in [0, 0.1) is 11.6 Å². The number of carbonyl (C=O) groups excluding carboxylic acids is 1. The fourth-order valence-electron chi connectivity index (χ4n) is 6.23. The van der Waals surface area contributed by atoms with Gasteiger partial charge in [-0.3, -0.25) is 9.80 Å². The van der Waals surface area contributed by atoms with Gasteiger partial charge in [-0.15, -0.1) is 0 Å². The van der Waals surface area contributed by atoms with Crippen LogP contribution in [-0.4, -0.2) is 134 Å². The van der Waals surface area contributed by atoms with E-state index in [1.54, 1.807) is 6.92 Å². The van der Waals surface area contributed by atoms with Crippen molar-refractivity contribution in [2.45, 2.75) is 57.5 Å². The Morgan fingerprint density at radius 3 is 1.54 bits per heavy atom. The number of halogens is 2. The van der Waals surface area contributed by atoms with Crippen LogP contribution in [0.5, 0.6) is 11.5 Å². The first-order chi connectivity index (χ1) is 23.3. The highest BCUT2D eigenvalue weighted by Gasteiger charge is 2.32. The van der Waals surface area contributed by atoms with E-state index in [0.29, 0.717) is 13.2 Å². The topological polar surface area (TPSA) is 95.0 Å². The first kappa shape index (κ1) is 36.0. The Balaban J connectivity index is 0.000000188. The summed E-state index contributed by atoms with van der Waals surface area (Å²) in [6.07, 6.45) is 7.16. The van der Waals surface area contributed by atoms with E-state index >= 15 is 0 Å². The third-order valence-corrected chi connectivity index (χ3v) is 9.31. The van der Waals surface area contributed by atoms with Gasteiger partial charge in [-0.05, 0) is 81.8 Å². The van der Waals surface area contributed by atoms with Gasteiger partial charge in [-0.2, -0.15) is 0 Å². The normalized spacial score (nSPS) is 19.3. The highest BCUT2D eigenvalue weighted by Crippen LogP contribution is 2.28. The Morgan fingerprint density at radius 1 is 0.708 bits per heavy atom. The molecule has 0 unspecified atom stereocenters. The summed E-state index contributed by atoms with van der Waals surface area (Å²) in [7, 11) is 0. The highest BCUT2D eigenvalue weighted by molar-refractivity contribution is 5.89. The molecule has 10 nitrogen and oxygen atoms in total. The van der Waals surface area contributed by atoms with E-state index in [1.807, 2.05) is 0 Å². The monoisotopic (exact) mass is 672 g/mol. The summed E-state index contributed by atoms with van der Waals surface area (Å²) in [5.74, 6) is -2.49. The van der Waals surface area contributed by atoms with Gasteiger partial charge < -0.3 is 29.1 Å². The molecule has 2 aromatic rings. The minimum absolute atomic E-state index is 0.0663. The molecule has 2 heterocycles. The van der Waals surface area contributed by atoms with Gasteiger partial charge >= 0.3 is 11.9 Å². The number of rotatable bonds is 15. The molecule has 0 spiro atoms. The van der Waals surface area contributed by atoms with Gasteiger partial charge in [0.2, 0.25) is 0 Å². The zero-order valence-electron chi connectivity index (χ0n) is 28.1. The van der Waals surface area contributed by atoms with Crippen LogP contribution in [0.25, 0.3) is 0 Å². The lowest BCUT2D eigenvalue weighted by Gasteiger charge is -2.34. The molecular formula is C36H50F2N4O6. The van der Waals surface area contributed by atoms with Crippen LogP contribution in [-0.2, 0) is 4.74 Å². The standard InChI is InChI=1S/C19H27FN2O3.C17H23FN2O3/c1-2-24-19(23)15-4-7-18(17(20)14-15)25-13-3-8-21-9-11-22(12-10-21)16-5-6-16;18-15-12-13(17(21)22)2-5-16(15)23-11-1-6-19-7-9-20(10-8-19)14-3-4-14/h4,7,14,16H,2-3,5-6,8-13H2,1H3;2,5,12,14H,1,3-4,6-11H2,(H,21,22). The van der Waals surface area contributed by atoms with Crippen LogP contribution < -0.4 is 9.47 Å². The van der Waals surface area contributed by atoms with E-state index in [1.165, 1.54) is 56.0 Å². The SMILES string of the molecule is CCOC(=O)c1ccc(OCCCN2CCN(C3CC3)CC2)c(F)c1.O=C(O)c1ccc(OCCCN2CCN(C3CC3)CC2)c(F)c1. The zero-order valence-corrected chi connectivity index (χ0v) is 28.1. The first-order valence-corrected chi connectivity index (χ1v) is 17.5. The molecule has 0 radical (unpaired) electrons. The summed E-state index contributed by atoms with van der Waals surface area (Å²) in [5, 5.41) is 8.80. The minimum atomic E-state index is -1.14. The molecule has 4 aliphatic rings. The molecule has 12 heteroatoms. The van der Waals surface area contributed by atoms with E-state index in [2.05, 4.69) is 19.6 Å². The highest BCUT2D eigenvalue weighted by atomic mass is 19.1. The molecule has 1 N–H and O–H groups in total. The second-order valence-corrected chi connectivity index (χ2v) is 12.9. The lowest BCUT2D eigenvalue weighted by molar-refractivity contribution is 0.0525. The van der Waals surface area contributed by atoms with Crippen LogP contribution in [0.2, 0.25) is 0 Å². The number of benzene rings is 2. The molecule has 0 aromatic heterocycles. The number of carboxylic acid groups (broad SMARTS) is 1. The van der Waals surface area contributed by atoms with Crippen LogP contribution in [0.4, 0.5) is 8.78 Å². The Labute approximate surface area is 282 Å². The maximum Gasteiger partial charge on any atom is 0.338 e.